The van der Waals surface area contributed by atoms with Gasteiger partial charge in [0.15, 0.2) is 0 Å². The Balaban J connectivity index is 2.60. The molecule has 0 atom stereocenters. The first kappa shape index (κ1) is 16.5. The number of non-ortho nitro benzene ring substituents is 1. The van der Waals surface area contributed by atoms with Gasteiger partial charge in [-0.15, -0.1) is 0 Å². The highest BCUT2D eigenvalue weighted by atomic mass is 16.7. The van der Waals surface area contributed by atoms with Crippen molar-refractivity contribution in [1.29, 1.82) is 0 Å². The maximum absolute atomic E-state index is 10.9. The third-order valence-corrected chi connectivity index (χ3v) is 2.93. The highest BCUT2D eigenvalue weighted by molar-refractivity contribution is 5.68. The topological polar surface area (TPSA) is 139 Å². The maximum Gasteiger partial charge on any atom is 0.324 e. The van der Waals surface area contributed by atoms with Crippen LogP contribution >= 0.6 is 0 Å². The number of carbonyl (C=O) groups is 1. The Labute approximate surface area is 119 Å². The first-order valence-corrected chi connectivity index (χ1v) is 6.27. The third-order valence-electron chi connectivity index (χ3n) is 2.93. The molecule has 0 heterocycles. The second-order valence-corrected chi connectivity index (χ2v) is 4.38. The van der Waals surface area contributed by atoms with E-state index in [0.717, 1.165) is 6.07 Å². The SMILES string of the molecule is NOC(=O)CCCCCc1ccc([N+](=O)[O-])cc1[N+](=O)[O-]. The number of unbranched alkanes of at least 4 members (excludes halogenated alkanes) is 2. The summed E-state index contributed by atoms with van der Waals surface area (Å²) in [6.45, 7) is 0. The van der Waals surface area contributed by atoms with Gasteiger partial charge in [0.2, 0.25) is 0 Å². The van der Waals surface area contributed by atoms with Crippen molar-refractivity contribution in [2.24, 2.45) is 5.90 Å². The number of aryl methyl sites for hydroxylation is 1. The van der Waals surface area contributed by atoms with Crippen molar-refractivity contribution in [2.45, 2.75) is 32.1 Å². The summed E-state index contributed by atoms with van der Waals surface area (Å²) in [4.78, 5) is 35.0. The zero-order chi connectivity index (χ0) is 15.8. The molecule has 9 nitrogen and oxygen atoms in total. The quantitative estimate of drug-likeness (QED) is 0.439. The van der Waals surface area contributed by atoms with Gasteiger partial charge in [-0.05, 0) is 25.3 Å². The second-order valence-electron chi connectivity index (χ2n) is 4.38. The molecular weight excluding hydrogens is 282 g/mol. The minimum absolute atomic E-state index is 0.193. The Morgan fingerprint density at radius 1 is 1.14 bits per heavy atom. The maximum atomic E-state index is 10.9. The van der Waals surface area contributed by atoms with Crippen molar-refractivity contribution < 1.29 is 19.5 Å². The van der Waals surface area contributed by atoms with Gasteiger partial charge >= 0.3 is 5.97 Å². The summed E-state index contributed by atoms with van der Waals surface area (Å²) in [6, 6.07) is 3.60. The minimum Gasteiger partial charge on any atom is -0.373 e. The lowest BCUT2D eigenvalue weighted by Gasteiger charge is -2.03. The molecule has 0 aliphatic rings. The lowest BCUT2D eigenvalue weighted by molar-refractivity contribution is -0.394. The number of hydrogen-bond donors (Lipinski definition) is 1. The predicted molar refractivity (Wildman–Crippen MR) is 72.2 cm³/mol. The van der Waals surface area contributed by atoms with Crippen LogP contribution in [0.3, 0.4) is 0 Å². The first-order chi connectivity index (χ1) is 9.95. The molecule has 0 fully saturated rings. The zero-order valence-electron chi connectivity index (χ0n) is 11.2. The van der Waals surface area contributed by atoms with Crippen molar-refractivity contribution in [3.05, 3.63) is 44.0 Å². The van der Waals surface area contributed by atoms with Crippen LogP contribution in [0.4, 0.5) is 11.4 Å². The van der Waals surface area contributed by atoms with Crippen LogP contribution in [0.2, 0.25) is 0 Å². The fraction of sp³-hybridized carbons (Fsp3) is 0.417. The minimum atomic E-state index is -0.671. The van der Waals surface area contributed by atoms with Crippen molar-refractivity contribution in [1.82, 2.24) is 0 Å². The summed E-state index contributed by atoms with van der Waals surface area (Å²) in [5.41, 5.74) is -0.131. The van der Waals surface area contributed by atoms with E-state index in [1.165, 1.54) is 12.1 Å². The van der Waals surface area contributed by atoms with E-state index < -0.39 is 15.8 Å². The average Bonchev–Trinajstić information content (AvgIpc) is 2.46. The van der Waals surface area contributed by atoms with E-state index in [2.05, 4.69) is 4.84 Å². The molecule has 1 aromatic carbocycles. The van der Waals surface area contributed by atoms with Crippen molar-refractivity contribution in [2.75, 3.05) is 0 Å². The molecule has 0 unspecified atom stereocenters. The van der Waals surface area contributed by atoms with E-state index in [4.69, 9.17) is 5.90 Å². The van der Waals surface area contributed by atoms with Gasteiger partial charge in [0.05, 0.1) is 15.9 Å². The van der Waals surface area contributed by atoms with Gasteiger partial charge in [-0.2, -0.15) is 5.90 Å². The summed E-state index contributed by atoms with van der Waals surface area (Å²) in [7, 11) is 0. The lowest BCUT2D eigenvalue weighted by atomic mass is 10.0. The Kier molecular flexibility index (Phi) is 6.21. The van der Waals surface area contributed by atoms with Gasteiger partial charge in [0.25, 0.3) is 11.4 Å². The van der Waals surface area contributed by atoms with Crippen LogP contribution in [0.25, 0.3) is 0 Å². The van der Waals surface area contributed by atoms with Crippen LogP contribution in [0.1, 0.15) is 31.2 Å². The monoisotopic (exact) mass is 297 g/mol. The molecule has 0 saturated carbocycles. The summed E-state index contributed by atoms with van der Waals surface area (Å²) in [6.07, 6.45) is 2.46. The van der Waals surface area contributed by atoms with Crippen LogP contribution in [0.5, 0.6) is 0 Å². The van der Waals surface area contributed by atoms with E-state index in [1.54, 1.807) is 0 Å². The number of nitrogens with two attached hydrogens (primary N) is 1. The summed E-state index contributed by atoms with van der Waals surface area (Å²) < 4.78 is 0. The summed E-state index contributed by atoms with van der Waals surface area (Å²) in [5, 5.41) is 21.5. The molecular formula is C12H15N3O6. The molecule has 0 aliphatic heterocycles. The molecule has 1 aromatic rings. The van der Waals surface area contributed by atoms with Gasteiger partial charge in [-0.1, -0.05) is 6.42 Å². The van der Waals surface area contributed by atoms with Crippen molar-refractivity contribution >= 4 is 17.3 Å². The van der Waals surface area contributed by atoms with Crippen LogP contribution in [0.15, 0.2) is 18.2 Å². The number of rotatable bonds is 8. The average molecular weight is 297 g/mol. The molecule has 0 spiro atoms. The molecule has 0 aliphatic carbocycles. The van der Waals surface area contributed by atoms with E-state index in [0.29, 0.717) is 31.2 Å². The summed E-state index contributed by atoms with van der Waals surface area (Å²) >= 11 is 0. The van der Waals surface area contributed by atoms with Crippen LogP contribution in [-0.2, 0) is 16.1 Å². The number of nitro benzene ring substituents is 2. The van der Waals surface area contributed by atoms with Crippen molar-refractivity contribution in [3.8, 4) is 0 Å². The van der Waals surface area contributed by atoms with Gasteiger partial charge < -0.3 is 4.84 Å². The highest BCUT2D eigenvalue weighted by Crippen LogP contribution is 2.26. The normalized spacial score (nSPS) is 10.1. The van der Waals surface area contributed by atoms with E-state index >= 15 is 0 Å². The van der Waals surface area contributed by atoms with Crippen LogP contribution in [0, 0.1) is 20.2 Å². The van der Waals surface area contributed by atoms with Crippen LogP contribution < -0.4 is 5.90 Å². The lowest BCUT2D eigenvalue weighted by Crippen LogP contribution is -2.09. The predicted octanol–water partition coefficient (Wildman–Crippen LogP) is 2.02. The smallest absolute Gasteiger partial charge is 0.324 e. The Morgan fingerprint density at radius 3 is 2.43 bits per heavy atom. The molecule has 0 saturated heterocycles. The molecule has 0 amide bonds. The van der Waals surface area contributed by atoms with Gasteiger partial charge in [-0.3, -0.25) is 25.0 Å². The standard InChI is InChI=1S/C12H15N3O6/c13-21-12(16)5-3-1-2-4-9-6-7-10(14(17)18)8-11(9)15(19)20/h6-8H,1-5,13H2. The Bertz CT molecular complexity index is 546. The fourth-order valence-electron chi connectivity index (χ4n) is 1.87. The number of carbonyl (C=O) groups excluding carboxylic acids is 1. The zero-order valence-corrected chi connectivity index (χ0v) is 11.2. The fourth-order valence-corrected chi connectivity index (χ4v) is 1.87. The van der Waals surface area contributed by atoms with Gasteiger partial charge in [-0.25, -0.2) is 0 Å². The van der Waals surface area contributed by atoms with E-state index in [9.17, 15) is 25.0 Å². The van der Waals surface area contributed by atoms with Crippen molar-refractivity contribution in [3.63, 3.8) is 0 Å². The van der Waals surface area contributed by atoms with Gasteiger partial charge in [0, 0.05) is 18.1 Å². The molecule has 21 heavy (non-hydrogen) atoms. The number of nitro groups is 2. The Morgan fingerprint density at radius 2 is 1.86 bits per heavy atom. The van der Waals surface area contributed by atoms with E-state index in [-0.39, 0.29) is 17.8 Å². The molecule has 2 N–H and O–H groups in total. The van der Waals surface area contributed by atoms with Gasteiger partial charge in [0.1, 0.15) is 0 Å². The largest absolute Gasteiger partial charge is 0.373 e. The molecule has 0 aromatic heterocycles. The summed E-state index contributed by atoms with van der Waals surface area (Å²) in [5.74, 6) is 4.19. The molecule has 9 heteroatoms. The highest BCUT2D eigenvalue weighted by Gasteiger charge is 2.18. The number of nitrogens with zero attached hydrogens (tertiary/aromatic N) is 2. The second kappa shape index (κ2) is 7.90. The van der Waals surface area contributed by atoms with Crippen LogP contribution in [-0.4, -0.2) is 15.8 Å². The number of benzene rings is 1. The molecule has 114 valence electrons. The third kappa shape index (κ3) is 5.15. The molecule has 0 bridgehead atoms. The Hall–Kier alpha value is -2.55. The molecule has 1 rings (SSSR count). The first-order valence-electron chi connectivity index (χ1n) is 6.27. The molecule has 0 radical (unpaired) electrons. The number of hydrogen-bond acceptors (Lipinski definition) is 7. The van der Waals surface area contributed by atoms with E-state index in [1.807, 2.05) is 0 Å².